The van der Waals surface area contributed by atoms with Gasteiger partial charge in [-0.2, -0.15) is 0 Å². The number of hydrogen-bond donors (Lipinski definition) is 1. The summed E-state index contributed by atoms with van der Waals surface area (Å²) in [5, 5.41) is 10.3. The Kier molecular flexibility index (Phi) is 3.32. The zero-order valence-electron chi connectivity index (χ0n) is 9.59. The van der Waals surface area contributed by atoms with Crippen molar-refractivity contribution in [3.05, 3.63) is 15.6 Å². The fourth-order valence-corrected chi connectivity index (χ4v) is 2.53. The van der Waals surface area contributed by atoms with Gasteiger partial charge in [0.05, 0.1) is 5.69 Å². The van der Waals surface area contributed by atoms with Crippen LogP contribution < -0.4 is 0 Å². The average molecular weight is 213 g/mol. The number of aliphatic hydroxyl groups is 1. The molecule has 0 saturated heterocycles. The van der Waals surface area contributed by atoms with Crippen LogP contribution in [-0.2, 0) is 11.8 Å². The summed E-state index contributed by atoms with van der Waals surface area (Å²) in [6.45, 7) is 10.4. The van der Waals surface area contributed by atoms with E-state index in [0.29, 0.717) is 0 Å². The molecular weight excluding hydrogens is 194 g/mol. The highest BCUT2D eigenvalue weighted by Crippen LogP contribution is 2.32. The molecule has 1 unspecified atom stereocenters. The molecule has 1 aromatic heterocycles. The predicted octanol–water partition coefficient (Wildman–Crippen LogP) is 3.06. The molecule has 80 valence electrons. The first-order valence-electron chi connectivity index (χ1n) is 5.04. The van der Waals surface area contributed by atoms with Crippen LogP contribution in [0, 0.1) is 0 Å². The number of nitrogens with zero attached hydrogens (tertiary/aromatic N) is 1. The van der Waals surface area contributed by atoms with Gasteiger partial charge in [-0.3, -0.25) is 0 Å². The molecule has 0 bridgehead atoms. The molecule has 0 aliphatic rings. The first kappa shape index (κ1) is 11.7. The van der Waals surface area contributed by atoms with Crippen molar-refractivity contribution >= 4 is 11.3 Å². The van der Waals surface area contributed by atoms with Gasteiger partial charge in [-0.05, 0) is 13.3 Å². The van der Waals surface area contributed by atoms with Crippen molar-refractivity contribution in [2.45, 2.75) is 52.6 Å². The lowest BCUT2D eigenvalue weighted by molar-refractivity contribution is 0.198. The summed E-state index contributed by atoms with van der Waals surface area (Å²) in [6.07, 6.45) is 0.554. The summed E-state index contributed by atoms with van der Waals surface area (Å²) in [5.41, 5.74) is 1.22. The Morgan fingerprint density at radius 1 is 1.43 bits per heavy atom. The molecule has 14 heavy (non-hydrogen) atoms. The smallest absolute Gasteiger partial charge is 0.121 e. The van der Waals surface area contributed by atoms with Gasteiger partial charge in [0, 0.05) is 10.3 Å². The Hall–Kier alpha value is -0.410. The Bertz CT molecular complexity index is 310. The predicted molar refractivity (Wildman–Crippen MR) is 60.8 cm³/mol. The Labute approximate surface area is 90.0 Å². The molecule has 0 aromatic carbocycles. The summed E-state index contributed by atoms with van der Waals surface area (Å²) in [4.78, 5) is 5.82. The minimum Gasteiger partial charge on any atom is -0.386 e. The van der Waals surface area contributed by atoms with E-state index >= 15 is 0 Å². The van der Waals surface area contributed by atoms with E-state index in [4.69, 9.17) is 0 Å². The quantitative estimate of drug-likeness (QED) is 0.819. The van der Waals surface area contributed by atoms with E-state index in [2.05, 4.69) is 32.7 Å². The van der Waals surface area contributed by atoms with Gasteiger partial charge in [-0.15, -0.1) is 11.3 Å². The third-order valence-corrected chi connectivity index (χ3v) is 3.47. The molecule has 0 spiro atoms. The Morgan fingerprint density at radius 2 is 2.00 bits per heavy atom. The maximum Gasteiger partial charge on any atom is 0.121 e. The lowest BCUT2D eigenvalue weighted by atomic mass is 9.91. The number of rotatable bonds is 2. The van der Waals surface area contributed by atoms with Crippen LogP contribution in [0.25, 0.3) is 0 Å². The SMILES string of the molecule is CCc1sc(C(C)O)nc1C(C)(C)C. The molecule has 1 atom stereocenters. The standard InChI is InChI=1S/C11H19NOS/c1-6-8-9(11(3,4)5)12-10(14-8)7(2)13/h7,13H,6H2,1-5H3. The topological polar surface area (TPSA) is 33.1 Å². The third kappa shape index (κ3) is 2.34. The van der Waals surface area contributed by atoms with E-state index in [0.717, 1.165) is 17.1 Å². The number of thiazole rings is 1. The van der Waals surface area contributed by atoms with Gasteiger partial charge < -0.3 is 5.11 Å². The zero-order valence-corrected chi connectivity index (χ0v) is 10.4. The lowest BCUT2D eigenvalue weighted by Crippen LogP contribution is -2.14. The minimum absolute atomic E-state index is 0.0784. The van der Waals surface area contributed by atoms with Crippen LogP contribution in [0.1, 0.15) is 56.3 Å². The second kappa shape index (κ2) is 3.99. The van der Waals surface area contributed by atoms with E-state index in [9.17, 15) is 5.11 Å². The molecule has 0 radical (unpaired) electrons. The molecule has 0 aliphatic heterocycles. The second-order valence-corrected chi connectivity index (χ2v) is 5.72. The van der Waals surface area contributed by atoms with Crippen LogP contribution in [0.15, 0.2) is 0 Å². The van der Waals surface area contributed by atoms with Gasteiger partial charge in [0.25, 0.3) is 0 Å². The molecule has 1 rings (SSSR count). The number of aliphatic hydroxyl groups excluding tert-OH is 1. The average Bonchev–Trinajstić information content (AvgIpc) is 2.46. The normalized spacial score (nSPS) is 14.4. The van der Waals surface area contributed by atoms with Gasteiger partial charge in [0.1, 0.15) is 11.1 Å². The van der Waals surface area contributed by atoms with Crippen LogP contribution in [0.5, 0.6) is 0 Å². The van der Waals surface area contributed by atoms with Crippen molar-refractivity contribution in [1.29, 1.82) is 0 Å². The molecule has 0 fully saturated rings. The third-order valence-electron chi connectivity index (χ3n) is 2.10. The van der Waals surface area contributed by atoms with Gasteiger partial charge in [-0.25, -0.2) is 4.98 Å². The highest BCUT2D eigenvalue weighted by Gasteiger charge is 2.23. The molecule has 1 heterocycles. The maximum atomic E-state index is 9.47. The summed E-state index contributed by atoms with van der Waals surface area (Å²) in [7, 11) is 0. The van der Waals surface area contributed by atoms with Crippen molar-refractivity contribution in [2.75, 3.05) is 0 Å². The first-order valence-corrected chi connectivity index (χ1v) is 5.86. The molecular formula is C11H19NOS. The lowest BCUT2D eigenvalue weighted by Gasteiger charge is -2.17. The van der Waals surface area contributed by atoms with E-state index in [1.165, 1.54) is 4.88 Å². The summed E-state index contributed by atoms with van der Waals surface area (Å²) >= 11 is 1.63. The van der Waals surface area contributed by atoms with E-state index in [1.54, 1.807) is 18.3 Å². The van der Waals surface area contributed by atoms with Gasteiger partial charge in [-0.1, -0.05) is 27.7 Å². The van der Waals surface area contributed by atoms with Crippen molar-refractivity contribution < 1.29 is 5.11 Å². The van der Waals surface area contributed by atoms with Gasteiger partial charge >= 0.3 is 0 Å². The monoisotopic (exact) mass is 213 g/mol. The first-order chi connectivity index (χ1) is 6.36. The van der Waals surface area contributed by atoms with Gasteiger partial charge in [0.15, 0.2) is 0 Å². The minimum atomic E-state index is -0.443. The molecule has 0 amide bonds. The number of aromatic nitrogens is 1. The van der Waals surface area contributed by atoms with Crippen molar-refractivity contribution in [3.8, 4) is 0 Å². The van der Waals surface area contributed by atoms with Crippen molar-refractivity contribution in [3.63, 3.8) is 0 Å². The molecule has 2 nitrogen and oxygen atoms in total. The maximum absolute atomic E-state index is 9.47. The number of aryl methyl sites for hydroxylation is 1. The number of hydrogen-bond acceptors (Lipinski definition) is 3. The highest BCUT2D eigenvalue weighted by atomic mass is 32.1. The molecule has 1 N–H and O–H groups in total. The Morgan fingerprint density at radius 3 is 2.29 bits per heavy atom. The molecule has 0 saturated carbocycles. The van der Waals surface area contributed by atoms with Crippen molar-refractivity contribution in [2.24, 2.45) is 0 Å². The van der Waals surface area contributed by atoms with Crippen LogP contribution in [0.3, 0.4) is 0 Å². The highest BCUT2D eigenvalue weighted by molar-refractivity contribution is 7.11. The summed E-state index contributed by atoms with van der Waals surface area (Å²) in [6, 6.07) is 0. The summed E-state index contributed by atoms with van der Waals surface area (Å²) < 4.78 is 0. The summed E-state index contributed by atoms with van der Waals surface area (Å²) in [5.74, 6) is 0. The van der Waals surface area contributed by atoms with Crippen LogP contribution in [0.4, 0.5) is 0 Å². The van der Waals surface area contributed by atoms with Crippen LogP contribution in [0.2, 0.25) is 0 Å². The fraction of sp³-hybridized carbons (Fsp3) is 0.727. The molecule has 0 aliphatic carbocycles. The van der Waals surface area contributed by atoms with Crippen LogP contribution >= 0.6 is 11.3 Å². The van der Waals surface area contributed by atoms with Crippen LogP contribution in [-0.4, -0.2) is 10.1 Å². The zero-order chi connectivity index (χ0) is 10.9. The second-order valence-electron chi connectivity index (χ2n) is 4.60. The molecule has 3 heteroatoms. The molecule has 1 aromatic rings. The van der Waals surface area contributed by atoms with E-state index in [1.807, 2.05) is 0 Å². The van der Waals surface area contributed by atoms with Crippen molar-refractivity contribution in [1.82, 2.24) is 4.98 Å². The fourth-order valence-electron chi connectivity index (χ4n) is 1.37. The van der Waals surface area contributed by atoms with Gasteiger partial charge in [0.2, 0.25) is 0 Å². The Balaban J connectivity index is 3.16. The largest absolute Gasteiger partial charge is 0.386 e. The van der Waals surface area contributed by atoms with E-state index in [-0.39, 0.29) is 5.41 Å². The van der Waals surface area contributed by atoms with E-state index < -0.39 is 6.10 Å².